The van der Waals surface area contributed by atoms with Crippen molar-refractivity contribution in [3.63, 3.8) is 0 Å². The zero-order valence-corrected chi connectivity index (χ0v) is 10.7. The van der Waals surface area contributed by atoms with Crippen LogP contribution in [0.15, 0.2) is 30.5 Å². The summed E-state index contributed by atoms with van der Waals surface area (Å²) in [4.78, 5) is 24.8. The third kappa shape index (κ3) is 3.11. The molecule has 0 saturated heterocycles. The fourth-order valence-corrected chi connectivity index (χ4v) is 1.57. The highest BCUT2D eigenvalue weighted by atomic mass is 19.1. The Labute approximate surface area is 117 Å². The van der Waals surface area contributed by atoms with E-state index in [-0.39, 0.29) is 5.75 Å². The van der Waals surface area contributed by atoms with Gasteiger partial charge in [0.25, 0.3) is 0 Å². The molecule has 108 valence electrons. The van der Waals surface area contributed by atoms with Crippen LogP contribution in [0.3, 0.4) is 0 Å². The van der Waals surface area contributed by atoms with E-state index in [9.17, 15) is 19.3 Å². The van der Waals surface area contributed by atoms with Gasteiger partial charge in [-0.3, -0.25) is 15.1 Å². The molecule has 1 N–H and O–H groups in total. The van der Waals surface area contributed by atoms with Gasteiger partial charge in [0, 0.05) is 17.8 Å². The number of ether oxygens (including phenoxy) is 1. The lowest BCUT2D eigenvalue weighted by molar-refractivity contribution is -0.385. The summed E-state index contributed by atoms with van der Waals surface area (Å²) in [7, 11) is 0. The van der Waals surface area contributed by atoms with E-state index in [0.29, 0.717) is 17.8 Å². The van der Waals surface area contributed by atoms with Crippen LogP contribution in [-0.2, 0) is 0 Å². The molecule has 0 radical (unpaired) electrons. The van der Waals surface area contributed by atoms with Crippen LogP contribution in [0.2, 0.25) is 0 Å². The van der Waals surface area contributed by atoms with Gasteiger partial charge in [0.05, 0.1) is 11.1 Å². The predicted octanol–water partition coefficient (Wildman–Crippen LogP) is 2.93. The van der Waals surface area contributed by atoms with E-state index in [1.807, 2.05) is 0 Å². The number of nitro benzene ring substituents is 1. The molecular formula is C13H9FN2O5. The van der Waals surface area contributed by atoms with Gasteiger partial charge in [-0.1, -0.05) is 0 Å². The summed E-state index contributed by atoms with van der Waals surface area (Å²) in [6.07, 6.45) is 1.32. The lowest BCUT2D eigenvalue weighted by Gasteiger charge is -2.07. The van der Waals surface area contributed by atoms with Gasteiger partial charge < -0.3 is 9.84 Å². The van der Waals surface area contributed by atoms with Crippen molar-refractivity contribution >= 4 is 11.7 Å². The molecule has 1 heterocycles. The lowest BCUT2D eigenvalue weighted by Crippen LogP contribution is -2.03. The van der Waals surface area contributed by atoms with Crippen LogP contribution in [0.1, 0.15) is 16.1 Å². The topological polar surface area (TPSA) is 103 Å². The molecule has 2 rings (SSSR count). The van der Waals surface area contributed by atoms with Gasteiger partial charge in [0.15, 0.2) is 0 Å². The third-order valence-electron chi connectivity index (χ3n) is 2.59. The second-order valence-corrected chi connectivity index (χ2v) is 4.10. The number of benzene rings is 1. The Bertz CT molecular complexity index is 715. The molecule has 0 spiro atoms. The number of carbonyl (C=O) groups is 1. The molecule has 0 fully saturated rings. The van der Waals surface area contributed by atoms with Crippen molar-refractivity contribution < 1.29 is 24.0 Å². The van der Waals surface area contributed by atoms with E-state index in [1.54, 1.807) is 13.0 Å². The summed E-state index contributed by atoms with van der Waals surface area (Å²) >= 11 is 0. The highest BCUT2D eigenvalue weighted by Crippen LogP contribution is 2.33. The summed E-state index contributed by atoms with van der Waals surface area (Å²) < 4.78 is 18.8. The van der Waals surface area contributed by atoms with E-state index in [1.165, 1.54) is 12.3 Å². The molecule has 0 aliphatic carbocycles. The fraction of sp³-hybridized carbons (Fsp3) is 0.0769. The number of nitro groups is 1. The second kappa shape index (κ2) is 5.53. The first-order valence-corrected chi connectivity index (χ1v) is 5.70. The van der Waals surface area contributed by atoms with Gasteiger partial charge in [-0.2, -0.15) is 0 Å². The molecule has 0 aliphatic rings. The number of pyridine rings is 1. The van der Waals surface area contributed by atoms with Crippen molar-refractivity contribution in [1.82, 2.24) is 4.98 Å². The summed E-state index contributed by atoms with van der Waals surface area (Å²) in [5.41, 5.74) is -0.727. The van der Waals surface area contributed by atoms with Crippen LogP contribution in [0.4, 0.5) is 10.1 Å². The smallest absolute Gasteiger partial charge is 0.338 e. The van der Waals surface area contributed by atoms with Gasteiger partial charge in [-0.15, -0.1) is 0 Å². The van der Waals surface area contributed by atoms with Crippen molar-refractivity contribution in [2.45, 2.75) is 6.92 Å². The first kappa shape index (κ1) is 14.4. The quantitative estimate of drug-likeness (QED) is 0.686. The Morgan fingerprint density at radius 1 is 1.43 bits per heavy atom. The van der Waals surface area contributed by atoms with Gasteiger partial charge in [0.2, 0.25) is 5.75 Å². The molecule has 1 aromatic carbocycles. The van der Waals surface area contributed by atoms with Crippen molar-refractivity contribution in [3.8, 4) is 11.5 Å². The number of hydrogen-bond donors (Lipinski definition) is 1. The average Bonchev–Trinajstić information content (AvgIpc) is 2.40. The van der Waals surface area contributed by atoms with Gasteiger partial charge in [0.1, 0.15) is 17.1 Å². The van der Waals surface area contributed by atoms with Crippen LogP contribution < -0.4 is 4.74 Å². The molecule has 0 atom stereocenters. The van der Waals surface area contributed by atoms with E-state index in [0.717, 1.165) is 0 Å². The van der Waals surface area contributed by atoms with E-state index >= 15 is 0 Å². The van der Waals surface area contributed by atoms with Gasteiger partial charge >= 0.3 is 11.7 Å². The second-order valence-electron chi connectivity index (χ2n) is 4.10. The number of aryl methyl sites for hydroxylation is 1. The summed E-state index contributed by atoms with van der Waals surface area (Å²) in [5, 5.41) is 19.7. The Morgan fingerprint density at radius 2 is 2.14 bits per heavy atom. The number of aromatic carboxylic acids is 1. The molecule has 0 aliphatic heterocycles. The average molecular weight is 292 g/mol. The zero-order chi connectivity index (χ0) is 15.6. The Morgan fingerprint density at radius 3 is 2.67 bits per heavy atom. The number of hydrogen-bond acceptors (Lipinski definition) is 5. The number of carboxylic acid groups (broad SMARTS) is 1. The first-order valence-electron chi connectivity index (χ1n) is 5.70. The molecule has 0 unspecified atom stereocenters. The van der Waals surface area contributed by atoms with Crippen molar-refractivity contribution in [1.29, 1.82) is 0 Å². The van der Waals surface area contributed by atoms with Crippen LogP contribution in [0.25, 0.3) is 0 Å². The third-order valence-corrected chi connectivity index (χ3v) is 2.59. The lowest BCUT2D eigenvalue weighted by atomic mass is 10.1. The number of carboxylic acids is 1. The summed E-state index contributed by atoms with van der Waals surface area (Å²) in [6, 6.07) is 4.41. The van der Waals surface area contributed by atoms with Crippen LogP contribution in [-0.4, -0.2) is 21.0 Å². The molecule has 1 aromatic heterocycles. The number of nitrogens with zero attached hydrogens (tertiary/aromatic N) is 2. The first-order chi connectivity index (χ1) is 9.88. The van der Waals surface area contributed by atoms with Gasteiger partial charge in [-0.25, -0.2) is 9.18 Å². The van der Waals surface area contributed by atoms with E-state index in [2.05, 4.69) is 4.98 Å². The predicted molar refractivity (Wildman–Crippen MR) is 69.1 cm³/mol. The van der Waals surface area contributed by atoms with Crippen molar-refractivity contribution in [3.05, 3.63) is 57.7 Å². The van der Waals surface area contributed by atoms with Gasteiger partial charge in [-0.05, 0) is 19.1 Å². The van der Waals surface area contributed by atoms with Crippen LogP contribution in [0.5, 0.6) is 11.5 Å². The number of aromatic nitrogens is 1. The number of rotatable bonds is 4. The monoisotopic (exact) mass is 292 g/mol. The Balaban J connectivity index is 2.47. The molecule has 0 bridgehead atoms. The zero-order valence-electron chi connectivity index (χ0n) is 10.7. The Kier molecular flexibility index (Phi) is 3.79. The normalized spacial score (nSPS) is 10.2. The van der Waals surface area contributed by atoms with Crippen molar-refractivity contribution in [2.24, 2.45) is 0 Å². The minimum absolute atomic E-state index is 0.172. The minimum atomic E-state index is -1.60. The Hall–Kier alpha value is -3.03. The fourth-order valence-electron chi connectivity index (χ4n) is 1.57. The van der Waals surface area contributed by atoms with Crippen molar-refractivity contribution in [2.75, 3.05) is 0 Å². The standard InChI is InChI=1S/C13H9FN2O5/c1-7-2-3-8(6-15-7)21-12-5-10(14)9(13(17)18)4-11(12)16(19)20/h2-6H,1H3,(H,17,18). The number of halogens is 1. The highest BCUT2D eigenvalue weighted by Gasteiger charge is 2.23. The van der Waals surface area contributed by atoms with Crippen LogP contribution >= 0.6 is 0 Å². The molecule has 21 heavy (non-hydrogen) atoms. The molecule has 8 heteroatoms. The maximum absolute atomic E-state index is 13.6. The summed E-state index contributed by atoms with van der Waals surface area (Å²) in [6.45, 7) is 1.74. The van der Waals surface area contributed by atoms with E-state index < -0.39 is 33.7 Å². The highest BCUT2D eigenvalue weighted by molar-refractivity contribution is 5.89. The molecule has 0 saturated carbocycles. The maximum Gasteiger partial charge on any atom is 0.338 e. The van der Waals surface area contributed by atoms with E-state index in [4.69, 9.17) is 9.84 Å². The van der Waals surface area contributed by atoms with Crippen LogP contribution in [0, 0.1) is 22.9 Å². The molecule has 2 aromatic rings. The molecule has 0 amide bonds. The largest absolute Gasteiger partial charge is 0.478 e. The SMILES string of the molecule is Cc1ccc(Oc2cc(F)c(C(=O)O)cc2[N+](=O)[O-])cn1. The maximum atomic E-state index is 13.6. The minimum Gasteiger partial charge on any atom is -0.478 e. The molecular weight excluding hydrogens is 283 g/mol. The molecule has 7 nitrogen and oxygen atoms in total. The summed E-state index contributed by atoms with van der Waals surface area (Å²) in [5.74, 6) is -2.94.